The van der Waals surface area contributed by atoms with Gasteiger partial charge in [0.15, 0.2) is 0 Å². The largest absolute Gasteiger partial charge is 0.748 e. The number of hydrogen-bond acceptors (Lipinski definition) is 1. The fraction of sp³-hybridized carbons (Fsp3) is 0.500. The van der Waals surface area contributed by atoms with Gasteiger partial charge >= 0.3 is 0 Å². The van der Waals surface area contributed by atoms with Crippen LogP contribution < -0.4 is 0 Å². The summed E-state index contributed by atoms with van der Waals surface area (Å²) in [6, 6.07) is 17.7. The zero-order valence-corrected chi connectivity index (χ0v) is 16.1. The molecule has 2 aromatic rings. The number of carbonyl (C=O) groups excluding carboxylic acids is 1. The van der Waals surface area contributed by atoms with Gasteiger partial charge in [0.25, 0.3) is 0 Å². The van der Waals surface area contributed by atoms with E-state index in [-0.39, 0.29) is 17.1 Å². The average Bonchev–Trinajstić information content (AvgIpc) is 3.28. The van der Waals surface area contributed by atoms with Gasteiger partial charge in [-0.05, 0) is 12.8 Å². The molecule has 0 amide bonds. The minimum absolute atomic E-state index is 0. The van der Waals surface area contributed by atoms with E-state index < -0.39 is 0 Å². The van der Waals surface area contributed by atoms with E-state index in [0.717, 1.165) is 18.4 Å². The SMILES string of the molecule is CCCCCCCCCCCC(=O)[c-]1cccc1.[Fe].[cH-]1[cH-][cH-][cH-][cH-]1. The monoisotopic (exact) mass is 368 g/mol. The van der Waals surface area contributed by atoms with Crippen molar-refractivity contribution in [3.05, 3.63) is 60.2 Å². The molecule has 0 bridgehead atoms. The molecule has 0 saturated carbocycles. The van der Waals surface area contributed by atoms with Crippen LogP contribution in [0.15, 0.2) is 54.6 Å². The predicted octanol–water partition coefficient (Wildman–Crippen LogP) is 6.91. The van der Waals surface area contributed by atoms with Gasteiger partial charge in [-0.1, -0.05) is 63.9 Å². The van der Waals surface area contributed by atoms with E-state index in [0.29, 0.717) is 5.78 Å². The number of hydrogen-bond donors (Lipinski definition) is 0. The summed E-state index contributed by atoms with van der Waals surface area (Å²) >= 11 is 0. The molecular formula is C22H32FeO-6. The topological polar surface area (TPSA) is 17.1 Å². The third-order valence-electron chi connectivity index (χ3n) is 4.05. The smallest absolute Gasteiger partial charge is 0.108 e. The molecule has 0 spiro atoms. The Bertz CT molecular complexity index is 439. The third kappa shape index (κ3) is 12.3. The van der Waals surface area contributed by atoms with Crippen molar-refractivity contribution < 1.29 is 21.9 Å². The molecule has 0 unspecified atom stereocenters. The minimum Gasteiger partial charge on any atom is -0.748 e. The summed E-state index contributed by atoms with van der Waals surface area (Å²) in [6.45, 7) is 2.25. The van der Waals surface area contributed by atoms with Crippen LogP contribution >= 0.6 is 0 Å². The molecule has 140 valence electrons. The molecule has 24 heavy (non-hydrogen) atoms. The van der Waals surface area contributed by atoms with Crippen LogP contribution in [0.3, 0.4) is 0 Å². The molecule has 1 nitrogen and oxygen atoms in total. The fourth-order valence-electron chi connectivity index (χ4n) is 2.62. The molecule has 0 fully saturated rings. The first-order chi connectivity index (χ1) is 11.3. The third-order valence-corrected chi connectivity index (χ3v) is 4.05. The van der Waals surface area contributed by atoms with Gasteiger partial charge in [-0.25, -0.2) is 12.1 Å². The normalized spacial score (nSPS) is 9.71. The Kier molecular flexibility index (Phi) is 16.0. The first-order valence-electron chi connectivity index (χ1n) is 9.26. The maximum atomic E-state index is 11.7. The van der Waals surface area contributed by atoms with E-state index in [1.165, 1.54) is 51.4 Å². The van der Waals surface area contributed by atoms with Crippen molar-refractivity contribution in [2.45, 2.75) is 71.1 Å². The van der Waals surface area contributed by atoms with Gasteiger partial charge in [0.2, 0.25) is 0 Å². The second-order valence-electron chi connectivity index (χ2n) is 6.14. The van der Waals surface area contributed by atoms with Crippen LogP contribution in [0, 0.1) is 0 Å². The maximum absolute atomic E-state index is 11.7. The number of carbonyl (C=O) groups is 1. The fourth-order valence-corrected chi connectivity index (χ4v) is 2.62. The molecule has 0 heterocycles. The summed E-state index contributed by atoms with van der Waals surface area (Å²) in [7, 11) is 0. The van der Waals surface area contributed by atoms with Crippen molar-refractivity contribution >= 4 is 5.78 Å². The Labute approximate surface area is 159 Å². The van der Waals surface area contributed by atoms with Gasteiger partial charge in [-0.2, -0.15) is 12.1 Å². The summed E-state index contributed by atoms with van der Waals surface area (Å²) in [5, 5.41) is 0. The quantitative estimate of drug-likeness (QED) is 0.182. The van der Waals surface area contributed by atoms with Gasteiger partial charge in [0.05, 0.1) is 0 Å². The van der Waals surface area contributed by atoms with E-state index >= 15 is 0 Å². The Morgan fingerprint density at radius 3 is 1.62 bits per heavy atom. The van der Waals surface area contributed by atoms with Crippen LogP contribution in [0.25, 0.3) is 0 Å². The van der Waals surface area contributed by atoms with Gasteiger partial charge < -0.3 is 35.1 Å². The summed E-state index contributed by atoms with van der Waals surface area (Å²) in [6.07, 6.45) is 12.5. The summed E-state index contributed by atoms with van der Waals surface area (Å²) < 4.78 is 0. The molecule has 0 aliphatic heterocycles. The molecule has 0 saturated heterocycles. The molecular weight excluding hydrogens is 336 g/mol. The Balaban J connectivity index is 0.000000751. The van der Waals surface area contributed by atoms with Crippen molar-refractivity contribution in [3.8, 4) is 0 Å². The first kappa shape index (κ1) is 22.9. The Morgan fingerprint density at radius 2 is 1.17 bits per heavy atom. The number of unbranched alkanes of at least 4 members (excludes halogenated alkanes) is 8. The molecule has 2 rings (SSSR count). The second kappa shape index (κ2) is 16.7. The van der Waals surface area contributed by atoms with Gasteiger partial charge in [0.1, 0.15) is 5.78 Å². The zero-order chi connectivity index (χ0) is 16.6. The molecule has 0 radical (unpaired) electrons. The van der Waals surface area contributed by atoms with E-state index in [2.05, 4.69) is 6.92 Å². The summed E-state index contributed by atoms with van der Waals surface area (Å²) in [5.74, 6) is 0.308. The molecule has 0 aliphatic carbocycles. The average molecular weight is 368 g/mol. The van der Waals surface area contributed by atoms with Crippen LogP contribution in [0.5, 0.6) is 0 Å². The molecule has 0 aliphatic rings. The van der Waals surface area contributed by atoms with Crippen LogP contribution in [-0.2, 0) is 17.1 Å². The van der Waals surface area contributed by atoms with E-state index in [4.69, 9.17) is 0 Å². The van der Waals surface area contributed by atoms with Crippen molar-refractivity contribution in [1.29, 1.82) is 0 Å². The van der Waals surface area contributed by atoms with Crippen LogP contribution in [0.1, 0.15) is 81.5 Å². The number of ketones is 1. The Morgan fingerprint density at radius 1 is 0.750 bits per heavy atom. The maximum Gasteiger partial charge on any atom is 0.108 e. The van der Waals surface area contributed by atoms with Crippen LogP contribution in [-0.4, -0.2) is 5.78 Å². The molecule has 0 aromatic heterocycles. The first-order valence-corrected chi connectivity index (χ1v) is 9.26. The van der Waals surface area contributed by atoms with E-state index in [9.17, 15) is 4.79 Å². The van der Waals surface area contributed by atoms with Crippen LogP contribution in [0.2, 0.25) is 0 Å². The van der Waals surface area contributed by atoms with E-state index in [1.807, 2.05) is 54.6 Å². The zero-order valence-electron chi connectivity index (χ0n) is 15.0. The summed E-state index contributed by atoms with van der Waals surface area (Å²) in [5.41, 5.74) is 0.884. The van der Waals surface area contributed by atoms with Crippen molar-refractivity contribution in [3.63, 3.8) is 0 Å². The minimum atomic E-state index is 0. The van der Waals surface area contributed by atoms with Gasteiger partial charge in [0, 0.05) is 17.1 Å². The molecule has 0 N–H and O–H groups in total. The predicted molar refractivity (Wildman–Crippen MR) is 100 cm³/mol. The second-order valence-corrected chi connectivity index (χ2v) is 6.14. The van der Waals surface area contributed by atoms with Gasteiger partial charge in [-0.3, -0.25) is 0 Å². The van der Waals surface area contributed by atoms with Gasteiger partial charge in [-0.15, -0.1) is 0 Å². The number of rotatable bonds is 11. The molecule has 0 atom stereocenters. The number of Topliss-reactive ketones (excluding diaryl/α,β-unsaturated/α-hetero) is 1. The van der Waals surface area contributed by atoms with Crippen molar-refractivity contribution in [2.75, 3.05) is 0 Å². The van der Waals surface area contributed by atoms with Crippen LogP contribution in [0.4, 0.5) is 0 Å². The van der Waals surface area contributed by atoms with Crippen molar-refractivity contribution in [2.24, 2.45) is 0 Å². The standard InChI is InChI=1S/C17H27O.C5H5.Fe/c1-2-3-4-5-6-7-8-9-10-15-17(18)16-13-11-12-14-16;1-2-4-5-3-1;/h11-14H,2-10,15H2,1H3;1-5H;/q-1;-5;. The Hall–Kier alpha value is -1.11. The molecule has 2 heteroatoms. The van der Waals surface area contributed by atoms with E-state index in [1.54, 1.807) is 0 Å². The van der Waals surface area contributed by atoms with Crippen molar-refractivity contribution in [1.82, 2.24) is 0 Å². The molecule has 2 aromatic carbocycles. The summed E-state index contributed by atoms with van der Waals surface area (Å²) in [4.78, 5) is 11.7.